The first kappa shape index (κ1) is 16.8. The van der Waals surface area contributed by atoms with Crippen molar-refractivity contribution in [1.82, 2.24) is 10.9 Å². The average Bonchev–Trinajstić information content (AvgIpc) is 2.52. The topological polar surface area (TPSA) is 65.2 Å². The fraction of sp³-hybridized carbons (Fsp3) is 0.176. The van der Waals surface area contributed by atoms with Crippen LogP contribution in [0, 0.1) is 13.8 Å². The number of carbonyl (C=O) groups excluding carboxylic acids is 1. The van der Waals surface area contributed by atoms with Gasteiger partial charge in [-0.2, -0.15) is 0 Å². The van der Waals surface area contributed by atoms with Crippen molar-refractivity contribution in [3.63, 3.8) is 0 Å². The summed E-state index contributed by atoms with van der Waals surface area (Å²) in [7, 11) is 0. The van der Waals surface area contributed by atoms with E-state index in [-0.39, 0.29) is 12.5 Å². The largest absolute Gasteiger partial charge is 0.376 e. The quantitative estimate of drug-likeness (QED) is 0.513. The molecule has 0 aliphatic carbocycles. The summed E-state index contributed by atoms with van der Waals surface area (Å²) >= 11 is 5.13. The number of carbonyl (C=O) groups is 1. The Labute approximate surface area is 141 Å². The van der Waals surface area contributed by atoms with E-state index in [1.54, 1.807) is 0 Å². The molecule has 0 spiro atoms. The molecule has 2 aromatic carbocycles. The van der Waals surface area contributed by atoms with Gasteiger partial charge in [-0.15, -0.1) is 0 Å². The van der Waals surface area contributed by atoms with Gasteiger partial charge in [0.2, 0.25) is 0 Å². The highest BCUT2D eigenvalue weighted by atomic mass is 32.1. The Bertz CT molecular complexity index is 685. The molecule has 0 aromatic heterocycles. The second-order valence-corrected chi connectivity index (χ2v) is 5.62. The zero-order chi connectivity index (χ0) is 16.7. The number of amides is 1. The highest BCUT2D eigenvalue weighted by molar-refractivity contribution is 7.80. The predicted octanol–water partition coefficient (Wildman–Crippen LogP) is 2.73. The Morgan fingerprint density at radius 3 is 2.39 bits per heavy atom. The Balaban J connectivity index is 1.71. The van der Waals surface area contributed by atoms with Crippen LogP contribution in [0.15, 0.2) is 48.5 Å². The number of aryl methyl sites for hydroxylation is 2. The minimum atomic E-state index is -0.209. The van der Waals surface area contributed by atoms with Gasteiger partial charge in [-0.05, 0) is 55.9 Å². The van der Waals surface area contributed by atoms with Gasteiger partial charge in [0.15, 0.2) is 5.11 Å². The molecule has 4 N–H and O–H groups in total. The summed E-state index contributed by atoms with van der Waals surface area (Å²) in [5.74, 6) is -0.209. The Morgan fingerprint density at radius 1 is 0.957 bits per heavy atom. The molecule has 0 radical (unpaired) electrons. The molecule has 23 heavy (non-hydrogen) atoms. The van der Waals surface area contributed by atoms with Gasteiger partial charge >= 0.3 is 0 Å². The number of thiocarbonyl (C=S) groups is 1. The highest BCUT2D eigenvalue weighted by Crippen LogP contribution is 2.09. The zero-order valence-electron chi connectivity index (χ0n) is 13.1. The van der Waals surface area contributed by atoms with Crippen LogP contribution in [0.5, 0.6) is 0 Å². The lowest BCUT2D eigenvalue weighted by molar-refractivity contribution is -0.119. The first-order valence-corrected chi connectivity index (χ1v) is 7.67. The van der Waals surface area contributed by atoms with Crippen molar-refractivity contribution in [3.05, 3.63) is 59.7 Å². The van der Waals surface area contributed by atoms with Crippen molar-refractivity contribution < 1.29 is 4.79 Å². The minimum Gasteiger partial charge on any atom is -0.376 e. The summed E-state index contributed by atoms with van der Waals surface area (Å²) in [5, 5.41) is 6.37. The third-order valence-electron chi connectivity index (χ3n) is 3.10. The van der Waals surface area contributed by atoms with Gasteiger partial charge in [0.05, 0.1) is 6.54 Å². The molecule has 0 fully saturated rings. The Hall–Kier alpha value is -2.60. The van der Waals surface area contributed by atoms with E-state index in [4.69, 9.17) is 12.2 Å². The molecule has 0 heterocycles. The fourth-order valence-electron chi connectivity index (χ4n) is 1.91. The van der Waals surface area contributed by atoms with Crippen molar-refractivity contribution in [2.24, 2.45) is 0 Å². The Kier molecular flexibility index (Phi) is 5.94. The molecule has 2 aromatic rings. The second-order valence-electron chi connectivity index (χ2n) is 5.22. The smallest absolute Gasteiger partial charge is 0.257 e. The van der Waals surface area contributed by atoms with Gasteiger partial charge in [-0.1, -0.05) is 29.8 Å². The maximum Gasteiger partial charge on any atom is 0.257 e. The van der Waals surface area contributed by atoms with Crippen LogP contribution in [0.25, 0.3) is 0 Å². The van der Waals surface area contributed by atoms with Gasteiger partial charge in [0.1, 0.15) is 0 Å². The zero-order valence-corrected chi connectivity index (χ0v) is 14.0. The lowest BCUT2D eigenvalue weighted by Crippen LogP contribution is -2.45. The van der Waals surface area contributed by atoms with Crippen molar-refractivity contribution in [1.29, 1.82) is 0 Å². The van der Waals surface area contributed by atoms with Crippen molar-refractivity contribution in [3.8, 4) is 0 Å². The standard InChI is InChI=1S/C17H20N4OS/c1-12-6-8-14(9-7-12)18-11-16(22)20-21-17(23)19-15-5-3-4-13(2)10-15/h3-10,18H,11H2,1-2H3,(H,20,22)(H2,19,21,23). The summed E-state index contributed by atoms with van der Waals surface area (Å²) < 4.78 is 0. The second kappa shape index (κ2) is 8.14. The van der Waals surface area contributed by atoms with E-state index in [0.29, 0.717) is 5.11 Å². The molecular weight excluding hydrogens is 308 g/mol. The number of anilines is 2. The predicted molar refractivity (Wildman–Crippen MR) is 98.3 cm³/mol. The molecule has 5 nitrogen and oxygen atoms in total. The number of rotatable bonds is 4. The van der Waals surface area contributed by atoms with E-state index in [2.05, 4.69) is 21.5 Å². The summed E-state index contributed by atoms with van der Waals surface area (Å²) in [6, 6.07) is 15.6. The minimum absolute atomic E-state index is 0.156. The van der Waals surface area contributed by atoms with Crippen molar-refractivity contribution >= 4 is 34.6 Å². The summed E-state index contributed by atoms with van der Waals surface area (Å²) in [6.45, 7) is 4.17. The van der Waals surface area contributed by atoms with Gasteiger partial charge < -0.3 is 10.6 Å². The van der Waals surface area contributed by atoms with Gasteiger partial charge in [0, 0.05) is 11.4 Å². The summed E-state index contributed by atoms with van der Waals surface area (Å²) in [5.41, 5.74) is 9.29. The van der Waals surface area contributed by atoms with Crippen LogP contribution in [0.1, 0.15) is 11.1 Å². The van der Waals surface area contributed by atoms with Crippen molar-refractivity contribution in [2.45, 2.75) is 13.8 Å². The van der Waals surface area contributed by atoms with Crippen LogP contribution in [-0.2, 0) is 4.79 Å². The number of nitrogens with one attached hydrogen (secondary N) is 4. The average molecular weight is 328 g/mol. The molecule has 0 saturated carbocycles. The molecule has 0 bridgehead atoms. The molecule has 6 heteroatoms. The Morgan fingerprint density at radius 2 is 1.70 bits per heavy atom. The monoisotopic (exact) mass is 328 g/mol. The SMILES string of the molecule is Cc1ccc(NCC(=O)NNC(=S)Nc2cccc(C)c2)cc1. The molecule has 2 rings (SSSR count). The summed E-state index contributed by atoms with van der Waals surface area (Å²) in [6.07, 6.45) is 0. The molecule has 120 valence electrons. The van der Waals surface area contributed by atoms with Crippen LogP contribution in [-0.4, -0.2) is 17.6 Å². The van der Waals surface area contributed by atoms with Crippen LogP contribution in [0.4, 0.5) is 11.4 Å². The number of hydrogen-bond donors (Lipinski definition) is 4. The first-order chi connectivity index (χ1) is 11.0. The fourth-order valence-corrected chi connectivity index (χ4v) is 2.08. The molecule has 0 atom stereocenters. The maximum atomic E-state index is 11.8. The maximum absolute atomic E-state index is 11.8. The number of benzene rings is 2. The molecule has 0 aliphatic rings. The third-order valence-corrected chi connectivity index (χ3v) is 3.30. The van der Waals surface area contributed by atoms with Gasteiger partial charge in [0.25, 0.3) is 5.91 Å². The molecule has 1 amide bonds. The molecule has 0 saturated heterocycles. The van der Waals surface area contributed by atoms with E-state index >= 15 is 0 Å². The van der Waals surface area contributed by atoms with E-state index in [1.165, 1.54) is 5.56 Å². The van der Waals surface area contributed by atoms with Crippen LogP contribution in [0.3, 0.4) is 0 Å². The molecule has 0 unspecified atom stereocenters. The third kappa shape index (κ3) is 5.96. The van der Waals surface area contributed by atoms with Crippen LogP contribution >= 0.6 is 12.2 Å². The van der Waals surface area contributed by atoms with Crippen LogP contribution < -0.4 is 21.5 Å². The van der Waals surface area contributed by atoms with Crippen LogP contribution in [0.2, 0.25) is 0 Å². The van der Waals surface area contributed by atoms with E-state index in [9.17, 15) is 4.79 Å². The number of hydrogen-bond acceptors (Lipinski definition) is 3. The molecule has 0 aliphatic heterocycles. The van der Waals surface area contributed by atoms with E-state index in [1.807, 2.05) is 62.4 Å². The number of hydrazine groups is 1. The van der Waals surface area contributed by atoms with E-state index in [0.717, 1.165) is 16.9 Å². The van der Waals surface area contributed by atoms with Crippen molar-refractivity contribution in [2.75, 3.05) is 17.2 Å². The highest BCUT2D eigenvalue weighted by Gasteiger charge is 2.02. The normalized spacial score (nSPS) is 9.83. The molecular formula is C17H20N4OS. The summed E-state index contributed by atoms with van der Waals surface area (Å²) in [4.78, 5) is 11.8. The van der Waals surface area contributed by atoms with Gasteiger partial charge in [-0.3, -0.25) is 15.6 Å². The van der Waals surface area contributed by atoms with E-state index < -0.39 is 0 Å². The lowest BCUT2D eigenvalue weighted by Gasteiger charge is -2.12. The van der Waals surface area contributed by atoms with Gasteiger partial charge in [-0.25, -0.2) is 0 Å². The lowest BCUT2D eigenvalue weighted by atomic mass is 10.2. The first-order valence-electron chi connectivity index (χ1n) is 7.26.